The highest BCUT2D eigenvalue weighted by atomic mass is 79.9. The van der Waals surface area contributed by atoms with Crippen molar-refractivity contribution in [3.8, 4) is 0 Å². The normalized spacial score (nSPS) is 10.4. The van der Waals surface area contributed by atoms with Crippen LogP contribution in [0.5, 0.6) is 0 Å². The van der Waals surface area contributed by atoms with E-state index in [9.17, 15) is 4.79 Å². The maximum Gasteiger partial charge on any atom is 0.264 e. The Morgan fingerprint density at radius 2 is 1.94 bits per heavy atom. The average molecular weight is 324 g/mol. The van der Waals surface area contributed by atoms with E-state index in [4.69, 9.17) is 0 Å². The maximum absolute atomic E-state index is 12.2. The van der Waals surface area contributed by atoms with Crippen LogP contribution in [0.1, 0.15) is 20.8 Å². The van der Waals surface area contributed by atoms with E-state index in [1.165, 1.54) is 11.3 Å². The van der Waals surface area contributed by atoms with E-state index in [1.807, 2.05) is 49.7 Å². The van der Waals surface area contributed by atoms with Gasteiger partial charge < -0.3 is 4.90 Å². The molecule has 0 aliphatic rings. The van der Waals surface area contributed by atoms with Crippen LogP contribution >= 0.6 is 27.3 Å². The molecule has 1 amide bonds. The molecular formula is C14H14BrNOS. The molecule has 0 radical (unpaired) electrons. The van der Waals surface area contributed by atoms with Gasteiger partial charge in [0, 0.05) is 18.1 Å². The van der Waals surface area contributed by atoms with Crippen LogP contribution in [0.4, 0.5) is 0 Å². The molecule has 2 rings (SSSR count). The summed E-state index contributed by atoms with van der Waals surface area (Å²) in [6, 6.07) is 10.0. The van der Waals surface area contributed by atoms with Gasteiger partial charge in [0.1, 0.15) is 0 Å². The van der Waals surface area contributed by atoms with Gasteiger partial charge in [0.05, 0.1) is 4.88 Å². The predicted molar refractivity (Wildman–Crippen MR) is 79.0 cm³/mol. The molecule has 18 heavy (non-hydrogen) atoms. The molecule has 0 atom stereocenters. The van der Waals surface area contributed by atoms with Gasteiger partial charge in [0.25, 0.3) is 5.91 Å². The third-order valence-corrected chi connectivity index (χ3v) is 4.27. The summed E-state index contributed by atoms with van der Waals surface area (Å²) in [6.45, 7) is 2.60. The van der Waals surface area contributed by atoms with Crippen LogP contribution in [0.25, 0.3) is 0 Å². The first-order chi connectivity index (χ1) is 8.58. The molecule has 0 saturated carbocycles. The number of hydrogen-bond acceptors (Lipinski definition) is 2. The van der Waals surface area contributed by atoms with Crippen molar-refractivity contribution in [2.75, 3.05) is 7.05 Å². The first-order valence-corrected chi connectivity index (χ1v) is 7.29. The van der Waals surface area contributed by atoms with E-state index in [0.717, 1.165) is 20.5 Å². The fourth-order valence-corrected chi connectivity index (χ4v) is 2.88. The number of aryl methyl sites for hydroxylation is 1. The molecule has 0 N–H and O–H groups in total. The zero-order valence-electron chi connectivity index (χ0n) is 10.3. The molecule has 1 heterocycles. The van der Waals surface area contributed by atoms with Crippen LogP contribution in [-0.4, -0.2) is 17.9 Å². The SMILES string of the molecule is Cc1ccsc1C(=O)N(C)Cc1ccc(Br)cc1. The van der Waals surface area contributed by atoms with Crippen molar-refractivity contribution in [1.29, 1.82) is 0 Å². The largest absolute Gasteiger partial charge is 0.337 e. The Kier molecular flexibility index (Phi) is 4.19. The Morgan fingerprint density at radius 1 is 1.28 bits per heavy atom. The van der Waals surface area contributed by atoms with Gasteiger partial charge >= 0.3 is 0 Å². The monoisotopic (exact) mass is 323 g/mol. The highest BCUT2D eigenvalue weighted by molar-refractivity contribution is 9.10. The standard InChI is InChI=1S/C14H14BrNOS/c1-10-7-8-18-13(10)14(17)16(2)9-11-3-5-12(15)6-4-11/h3-8H,9H2,1-2H3. The Morgan fingerprint density at radius 3 is 2.50 bits per heavy atom. The van der Waals surface area contributed by atoms with Crippen LogP contribution < -0.4 is 0 Å². The van der Waals surface area contributed by atoms with Gasteiger partial charge in [0.15, 0.2) is 0 Å². The van der Waals surface area contributed by atoms with Crippen molar-refractivity contribution in [1.82, 2.24) is 4.90 Å². The lowest BCUT2D eigenvalue weighted by atomic mass is 10.2. The average Bonchev–Trinajstić information content (AvgIpc) is 2.77. The zero-order chi connectivity index (χ0) is 13.1. The molecule has 0 spiro atoms. The minimum Gasteiger partial charge on any atom is -0.337 e. The molecule has 2 aromatic rings. The van der Waals surface area contributed by atoms with Gasteiger partial charge in [-0.15, -0.1) is 11.3 Å². The second-order valence-corrected chi connectivity index (χ2v) is 6.05. The predicted octanol–water partition coefficient (Wildman–Crippen LogP) is 4.09. The molecular weight excluding hydrogens is 310 g/mol. The van der Waals surface area contributed by atoms with Gasteiger partial charge in [0.2, 0.25) is 0 Å². The van der Waals surface area contributed by atoms with Crippen molar-refractivity contribution < 1.29 is 4.79 Å². The first kappa shape index (κ1) is 13.3. The number of nitrogens with zero attached hydrogens (tertiary/aromatic N) is 1. The number of benzene rings is 1. The molecule has 1 aromatic carbocycles. The lowest BCUT2D eigenvalue weighted by molar-refractivity contribution is 0.0789. The molecule has 0 bridgehead atoms. The van der Waals surface area contributed by atoms with Gasteiger partial charge in [-0.2, -0.15) is 0 Å². The minimum absolute atomic E-state index is 0.0884. The Labute approximate surface area is 119 Å². The molecule has 0 saturated heterocycles. The quantitative estimate of drug-likeness (QED) is 0.833. The summed E-state index contributed by atoms with van der Waals surface area (Å²) in [5, 5.41) is 1.95. The van der Waals surface area contributed by atoms with Crippen molar-refractivity contribution in [2.24, 2.45) is 0 Å². The molecule has 0 unspecified atom stereocenters. The molecule has 0 aliphatic carbocycles. The number of carbonyl (C=O) groups is 1. The summed E-state index contributed by atoms with van der Waals surface area (Å²) in [4.78, 5) is 14.8. The number of hydrogen-bond donors (Lipinski definition) is 0. The summed E-state index contributed by atoms with van der Waals surface area (Å²) in [6.07, 6.45) is 0. The number of thiophene rings is 1. The molecule has 0 fully saturated rings. The van der Waals surface area contributed by atoms with Gasteiger partial charge in [-0.1, -0.05) is 28.1 Å². The Balaban J connectivity index is 2.08. The van der Waals surface area contributed by atoms with Gasteiger partial charge in [-0.25, -0.2) is 0 Å². The summed E-state index contributed by atoms with van der Waals surface area (Å²) in [5.41, 5.74) is 2.18. The van der Waals surface area contributed by atoms with Crippen LogP contribution in [0.3, 0.4) is 0 Å². The van der Waals surface area contributed by atoms with Crippen molar-refractivity contribution >= 4 is 33.2 Å². The summed E-state index contributed by atoms with van der Waals surface area (Å²) in [7, 11) is 1.84. The van der Waals surface area contributed by atoms with Crippen LogP contribution in [0.2, 0.25) is 0 Å². The summed E-state index contributed by atoms with van der Waals surface area (Å²) < 4.78 is 1.05. The molecule has 4 heteroatoms. The lowest BCUT2D eigenvalue weighted by Gasteiger charge is -2.17. The fourth-order valence-electron chi connectivity index (χ4n) is 1.70. The maximum atomic E-state index is 12.2. The van der Waals surface area contributed by atoms with E-state index < -0.39 is 0 Å². The third kappa shape index (κ3) is 3.00. The van der Waals surface area contributed by atoms with Crippen LogP contribution in [0, 0.1) is 6.92 Å². The van der Waals surface area contributed by atoms with Gasteiger partial charge in [-0.3, -0.25) is 4.79 Å². The number of amides is 1. The van der Waals surface area contributed by atoms with Crippen molar-refractivity contribution in [3.05, 3.63) is 56.2 Å². The van der Waals surface area contributed by atoms with Crippen molar-refractivity contribution in [3.63, 3.8) is 0 Å². The Hall–Kier alpha value is -1.13. The van der Waals surface area contributed by atoms with E-state index in [0.29, 0.717) is 6.54 Å². The van der Waals surface area contributed by atoms with E-state index in [1.54, 1.807) is 4.90 Å². The topological polar surface area (TPSA) is 20.3 Å². The second kappa shape index (κ2) is 5.67. The zero-order valence-corrected chi connectivity index (χ0v) is 12.7. The van der Waals surface area contributed by atoms with E-state index in [2.05, 4.69) is 15.9 Å². The molecule has 94 valence electrons. The first-order valence-electron chi connectivity index (χ1n) is 5.62. The molecule has 2 nitrogen and oxygen atoms in total. The Bertz CT molecular complexity index is 547. The lowest BCUT2D eigenvalue weighted by Crippen LogP contribution is -2.25. The smallest absolute Gasteiger partial charge is 0.264 e. The number of halogens is 1. The molecule has 0 aliphatic heterocycles. The minimum atomic E-state index is 0.0884. The van der Waals surface area contributed by atoms with E-state index in [-0.39, 0.29) is 5.91 Å². The fraction of sp³-hybridized carbons (Fsp3) is 0.214. The summed E-state index contributed by atoms with van der Waals surface area (Å²) >= 11 is 4.90. The summed E-state index contributed by atoms with van der Waals surface area (Å²) in [5.74, 6) is 0.0884. The van der Waals surface area contributed by atoms with Gasteiger partial charge in [-0.05, 0) is 41.6 Å². The highest BCUT2D eigenvalue weighted by Crippen LogP contribution is 2.19. The second-order valence-electron chi connectivity index (χ2n) is 4.22. The number of rotatable bonds is 3. The molecule has 1 aromatic heterocycles. The number of carbonyl (C=O) groups excluding carboxylic acids is 1. The highest BCUT2D eigenvalue weighted by Gasteiger charge is 2.15. The van der Waals surface area contributed by atoms with Crippen LogP contribution in [0.15, 0.2) is 40.2 Å². The van der Waals surface area contributed by atoms with E-state index >= 15 is 0 Å². The third-order valence-electron chi connectivity index (χ3n) is 2.74. The van der Waals surface area contributed by atoms with Crippen molar-refractivity contribution in [2.45, 2.75) is 13.5 Å². The van der Waals surface area contributed by atoms with Crippen LogP contribution in [-0.2, 0) is 6.54 Å².